The van der Waals surface area contributed by atoms with E-state index in [1.807, 2.05) is 36.4 Å². The molecule has 1 aromatic heterocycles. The number of Topliss-reactive ketones (excluding diaryl/α,β-unsaturated/α-hetero) is 1. The number of carbonyl (C=O) groups is 2. The number of H-pyrrole nitrogens is 1. The summed E-state index contributed by atoms with van der Waals surface area (Å²) >= 11 is 0. The van der Waals surface area contributed by atoms with Crippen LogP contribution in [0, 0.1) is 0 Å². The second-order valence-electron chi connectivity index (χ2n) is 10.0. The Bertz CT molecular complexity index is 1340. The monoisotopic (exact) mass is 484 g/mol. The Morgan fingerprint density at radius 3 is 2.42 bits per heavy atom. The molecule has 7 nitrogen and oxygen atoms in total. The average Bonchev–Trinajstić information content (AvgIpc) is 3.13. The Kier molecular flexibility index (Phi) is 6.00. The van der Waals surface area contributed by atoms with E-state index < -0.39 is 23.5 Å². The molecule has 7 heteroatoms. The minimum atomic E-state index is -0.806. The largest absolute Gasteiger partial charge is 0.872 e. The molecule has 2 aliphatic heterocycles. The number of aromatic nitrogens is 1. The smallest absolute Gasteiger partial charge is 0.295 e. The van der Waals surface area contributed by atoms with Crippen LogP contribution >= 0.6 is 0 Å². The van der Waals surface area contributed by atoms with Crippen molar-refractivity contribution in [2.75, 3.05) is 13.2 Å². The van der Waals surface area contributed by atoms with Crippen LogP contribution < -0.4 is 19.6 Å². The molecular formula is C29H28N2O5. The molecule has 1 amide bonds. The van der Waals surface area contributed by atoms with Gasteiger partial charge in [0, 0.05) is 17.2 Å². The molecule has 5 rings (SSSR count). The van der Waals surface area contributed by atoms with Crippen molar-refractivity contribution in [3.8, 4) is 11.5 Å². The normalized spacial score (nSPS) is 19.0. The number of nitrogens with one attached hydrogen (secondary N) is 1. The summed E-state index contributed by atoms with van der Waals surface area (Å²) in [5.41, 5.74) is 2.81. The van der Waals surface area contributed by atoms with Crippen molar-refractivity contribution >= 4 is 17.4 Å². The first kappa shape index (κ1) is 23.6. The molecule has 1 saturated heterocycles. The number of carbonyl (C=O) groups excluding carboxylic acids is 2. The lowest BCUT2D eigenvalue weighted by molar-refractivity contribution is -0.378. The molecule has 0 radical (unpaired) electrons. The predicted octanol–water partition coefficient (Wildman–Crippen LogP) is 2.99. The Morgan fingerprint density at radius 2 is 1.75 bits per heavy atom. The number of benzene rings is 2. The molecule has 0 spiro atoms. The van der Waals surface area contributed by atoms with E-state index in [9.17, 15) is 14.7 Å². The van der Waals surface area contributed by atoms with Gasteiger partial charge in [-0.05, 0) is 40.3 Å². The summed E-state index contributed by atoms with van der Waals surface area (Å²) in [7, 11) is 0. The quantitative estimate of drug-likeness (QED) is 0.323. The number of hydrogen-bond acceptors (Lipinski definition) is 5. The number of pyridine rings is 1. The highest BCUT2D eigenvalue weighted by molar-refractivity contribution is 6.46. The molecule has 1 unspecified atom stereocenters. The van der Waals surface area contributed by atoms with Crippen LogP contribution in [0.4, 0.5) is 0 Å². The van der Waals surface area contributed by atoms with Crippen molar-refractivity contribution in [3.63, 3.8) is 0 Å². The van der Waals surface area contributed by atoms with E-state index in [4.69, 9.17) is 9.47 Å². The number of ether oxygens (including phenoxy) is 2. The molecule has 184 valence electrons. The van der Waals surface area contributed by atoms with E-state index in [2.05, 4.69) is 25.8 Å². The van der Waals surface area contributed by atoms with Crippen molar-refractivity contribution < 1.29 is 29.2 Å². The van der Waals surface area contributed by atoms with Gasteiger partial charge in [0.25, 0.3) is 5.91 Å². The standard InChI is InChI=1S/C29H28N2O5/c1-29(2,3)21-9-6-19(7-10-21)25-24(26(32)20-8-11-22-23(15-20)36-14-13-35-22)27(33)28(34)31(25)17-18-5-4-12-30-16-18/h4-12,15-16,25,32H,13-14,17H2,1-3H3. The first-order chi connectivity index (χ1) is 17.2. The van der Waals surface area contributed by atoms with Gasteiger partial charge >= 0.3 is 0 Å². The van der Waals surface area contributed by atoms with E-state index in [0.29, 0.717) is 30.3 Å². The number of rotatable bonds is 4. The average molecular weight is 485 g/mol. The number of ketones is 1. The van der Waals surface area contributed by atoms with Crippen molar-refractivity contribution in [1.29, 1.82) is 0 Å². The Hall–Kier alpha value is -4.13. The third-order valence-electron chi connectivity index (χ3n) is 6.55. The van der Waals surface area contributed by atoms with Crippen LogP contribution in [0.25, 0.3) is 5.76 Å². The zero-order valence-corrected chi connectivity index (χ0v) is 20.5. The fourth-order valence-corrected chi connectivity index (χ4v) is 4.61. The Labute approximate surface area is 210 Å². The van der Waals surface area contributed by atoms with E-state index in [0.717, 1.165) is 11.1 Å². The van der Waals surface area contributed by atoms with Gasteiger partial charge in [0.2, 0.25) is 5.78 Å². The van der Waals surface area contributed by atoms with Crippen LogP contribution in [-0.4, -0.2) is 29.8 Å². The highest BCUT2D eigenvalue weighted by Crippen LogP contribution is 2.41. The third kappa shape index (κ3) is 4.33. The molecule has 0 bridgehead atoms. The molecule has 0 saturated carbocycles. The van der Waals surface area contributed by atoms with Gasteiger partial charge in [0.05, 0.1) is 12.6 Å². The van der Waals surface area contributed by atoms with E-state index in [1.54, 1.807) is 30.6 Å². The van der Waals surface area contributed by atoms with E-state index in [-0.39, 0.29) is 23.1 Å². The number of amides is 1. The first-order valence-corrected chi connectivity index (χ1v) is 12.0. The summed E-state index contributed by atoms with van der Waals surface area (Å²) in [4.78, 5) is 31.0. The second-order valence-corrected chi connectivity index (χ2v) is 10.0. The lowest BCUT2D eigenvalue weighted by Gasteiger charge is -2.28. The Morgan fingerprint density at radius 1 is 1.03 bits per heavy atom. The fraction of sp³-hybridized carbons (Fsp3) is 0.276. The fourth-order valence-electron chi connectivity index (χ4n) is 4.61. The molecule has 1 N–H and O–H groups in total. The van der Waals surface area contributed by atoms with Gasteiger partial charge in [0.1, 0.15) is 13.2 Å². The van der Waals surface area contributed by atoms with Gasteiger partial charge < -0.3 is 19.5 Å². The minimum Gasteiger partial charge on any atom is -0.872 e. The summed E-state index contributed by atoms with van der Waals surface area (Å²) < 4.78 is 11.2. The maximum absolute atomic E-state index is 13.8. The van der Waals surface area contributed by atoms with Crippen LogP contribution in [0.1, 0.15) is 49.1 Å². The number of likely N-dealkylation sites (tertiary alicyclic amines) is 1. The van der Waals surface area contributed by atoms with Crippen LogP contribution in [-0.2, 0) is 21.5 Å². The van der Waals surface area contributed by atoms with Crippen molar-refractivity contribution in [2.45, 2.75) is 38.8 Å². The van der Waals surface area contributed by atoms with Crippen LogP contribution in [0.15, 0.2) is 72.6 Å². The summed E-state index contributed by atoms with van der Waals surface area (Å²) in [5.74, 6) is -0.957. The van der Waals surface area contributed by atoms with Gasteiger partial charge in [-0.3, -0.25) is 9.59 Å². The molecular weight excluding hydrogens is 456 g/mol. The molecule has 2 aromatic carbocycles. The molecule has 1 fully saturated rings. The summed E-state index contributed by atoms with van der Waals surface area (Å²) in [6.07, 6.45) is 3.55. The summed E-state index contributed by atoms with van der Waals surface area (Å²) in [6, 6.07) is 15.5. The summed E-state index contributed by atoms with van der Waals surface area (Å²) in [5, 5.41) is 13.8. The van der Waals surface area contributed by atoms with E-state index >= 15 is 0 Å². The second kappa shape index (κ2) is 9.15. The SMILES string of the molecule is CC(C)(C)c1ccc(C2C(=C([O-])c3ccc4c(c3)OCCO4)C(=O)C(=O)N2Cc2ccc[nH+]c2)cc1. The highest BCUT2D eigenvalue weighted by atomic mass is 16.6. The molecule has 2 aliphatic rings. The van der Waals surface area contributed by atoms with Crippen molar-refractivity contribution in [1.82, 2.24) is 4.90 Å². The van der Waals surface area contributed by atoms with Gasteiger partial charge in [0.15, 0.2) is 23.9 Å². The molecule has 1 atom stereocenters. The zero-order chi connectivity index (χ0) is 25.4. The van der Waals surface area contributed by atoms with E-state index in [1.165, 1.54) is 4.90 Å². The first-order valence-electron chi connectivity index (χ1n) is 12.0. The van der Waals surface area contributed by atoms with Gasteiger partial charge in [-0.1, -0.05) is 56.9 Å². The van der Waals surface area contributed by atoms with Crippen molar-refractivity contribution in [3.05, 3.63) is 94.8 Å². The molecule has 3 heterocycles. The third-order valence-corrected chi connectivity index (χ3v) is 6.55. The van der Waals surface area contributed by atoms with Crippen molar-refractivity contribution in [2.24, 2.45) is 0 Å². The predicted molar refractivity (Wildman–Crippen MR) is 131 cm³/mol. The minimum absolute atomic E-state index is 0.0555. The zero-order valence-electron chi connectivity index (χ0n) is 20.5. The number of aromatic amines is 1. The number of fused-ring (bicyclic) bond motifs is 1. The number of nitrogens with zero attached hydrogens (tertiary/aromatic N) is 1. The molecule has 36 heavy (non-hydrogen) atoms. The Balaban J connectivity index is 1.63. The van der Waals surface area contributed by atoms with Gasteiger partial charge in [-0.2, -0.15) is 0 Å². The van der Waals surface area contributed by atoms with Gasteiger partial charge in [-0.15, -0.1) is 0 Å². The maximum atomic E-state index is 13.8. The number of hydrogen-bond donors (Lipinski definition) is 0. The molecule has 3 aromatic rings. The topological polar surface area (TPSA) is 93.0 Å². The highest BCUT2D eigenvalue weighted by Gasteiger charge is 2.44. The lowest BCUT2D eigenvalue weighted by Crippen LogP contribution is -2.29. The summed E-state index contributed by atoms with van der Waals surface area (Å²) in [6.45, 7) is 7.35. The van der Waals surface area contributed by atoms with Crippen LogP contribution in [0.2, 0.25) is 0 Å². The maximum Gasteiger partial charge on any atom is 0.295 e. The van der Waals surface area contributed by atoms with Gasteiger partial charge in [-0.25, -0.2) is 4.98 Å². The van der Waals surface area contributed by atoms with Crippen LogP contribution in [0.5, 0.6) is 11.5 Å². The lowest BCUT2D eigenvalue weighted by atomic mass is 9.85. The molecule has 0 aliphatic carbocycles. The van der Waals surface area contributed by atoms with Crippen LogP contribution in [0.3, 0.4) is 0 Å².